The van der Waals surface area contributed by atoms with Gasteiger partial charge in [-0.05, 0) is 19.9 Å². The number of ether oxygens (including phenoxy) is 1. The molecule has 0 unspecified atom stereocenters. The van der Waals surface area contributed by atoms with Gasteiger partial charge in [-0.25, -0.2) is 4.39 Å². The number of rotatable bonds is 7. The summed E-state index contributed by atoms with van der Waals surface area (Å²) in [7, 11) is -1.81. The number of methoxy groups -OCH3 is 1. The third-order valence-electron chi connectivity index (χ3n) is 2.28. The van der Waals surface area contributed by atoms with Crippen molar-refractivity contribution in [3.63, 3.8) is 0 Å². The summed E-state index contributed by atoms with van der Waals surface area (Å²) in [6.07, 6.45) is -0.0789. The maximum Gasteiger partial charge on any atom is 0.335 e. The Kier molecular flexibility index (Phi) is 5.79. The molecule has 1 aromatic carbocycles. The highest BCUT2D eigenvalue weighted by molar-refractivity contribution is 7.53. The summed E-state index contributed by atoms with van der Waals surface area (Å²) in [6.45, 7) is 3.95. The highest BCUT2D eigenvalue weighted by Gasteiger charge is 2.25. The Bertz CT molecular complexity index is 426. The molecule has 0 fully saturated rings. The first-order valence-corrected chi connectivity index (χ1v) is 7.48. The van der Waals surface area contributed by atoms with Crippen LogP contribution in [0.15, 0.2) is 18.2 Å². The zero-order valence-corrected chi connectivity index (χ0v) is 11.7. The maximum absolute atomic E-state index is 13.7. The molecule has 6 heteroatoms. The Labute approximate surface area is 107 Å². The van der Waals surface area contributed by atoms with Crippen LogP contribution in [0.3, 0.4) is 0 Å². The molecule has 18 heavy (non-hydrogen) atoms. The second kappa shape index (κ2) is 6.88. The Balaban J connectivity index is 2.90. The molecule has 0 aliphatic carbocycles. The van der Waals surface area contributed by atoms with E-state index < -0.39 is 13.4 Å². The normalized spacial score (nSPS) is 11.6. The molecule has 1 rings (SSSR count). The van der Waals surface area contributed by atoms with Gasteiger partial charge in [0.2, 0.25) is 0 Å². The highest BCUT2D eigenvalue weighted by Crippen LogP contribution is 2.51. The van der Waals surface area contributed by atoms with Crippen LogP contribution >= 0.6 is 7.60 Å². The monoisotopic (exact) mass is 276 g/mol. The van der Waals surface area contributed by atoms with E-state index in [1.165, 1.54) is 19.2 Å². The van der Waals surface area contributed by atoms with E-state index in [9.17, 15) is 8.96 Å². The zero-order valence-electron chi connectivity index (χ0n) is 10.8. The van der Waals surface area contributed by atoms with Crippen molar-refractivity contribution >= 4 is 7.60 Å². The molecule has 4 nitrogen and oxygen atoms in total. The summed E-state index contributed by atoms with van der Waals surface area (Å²) in [6, 6.07) is 4.39. The average Bonchev–Trinajstić information content (AvgIpc) is 2.32. The van der Waals surface area contributed by atoms with Crippen molar-refractivity contribution in [2.24, 2.45) is 0 Å². The molecule has 0 spiro atoms. The minimum atomic E-state index is -3.27. The molecule has 0 radical (unpaired) electrons. The van der Waals surface area contributed by atoms with Gasteiger partial charge in [0.25, 0.3) is 0 Å². The first-order valence-electron chi connectivity index (χ1n) is 5.75. The molecule has 0 amide bonds. The predicted octanol–water partition coefficient (Wildman–Crippen LogP) is 3.60. The van der Waals surface area contributed by atoms with Crippen LogP contribution in [0.1, 0.15) is 19.4 Å². The summed E-state index contributed by atoms with van der Waals surface area (Å²) in [4.78, 5) is 0. The molecule has 0 bridgehead atoms. The lowest BCUT2D eigenvalue weighted by Crippen LogP contribution is -2.01. The first-order chi connectivity index (χ1) is 8.54. The minimum absolute atomic E-state index is 0.0789. The van der Waals surface area contributed by atoms with E-state index in [-0.39, 0.29) is 19.4 Å². The van der Waals surface area contributed by atoms with E-state index in [0.717, 1.165) is 0 Å². The number of halogens is 1. The second-order valence-corrected chi connectivity index (χ2v) is 5.62. The highest BCUT2D eigenvalue weighted by atomic mass is 31.2. The average molecular weight is 276 g/mol. The summed E-state index contributed by atoms with van der Waals surface area (Å²) in [5.74, 6) is -0.0621. The lowest BCUT2D eigenvalue weighted by molar-refractivity contribution is 0.219. The van der Waals surface area contributed by atoms with E-state index in [2.05, 4.69) is 0 Å². The Morgan fingerprint density at radius 1 is 1.22 bits per heavy atom. The zero-order chi connectivity index (χ0) is 13.6. The molecule has 0 heterocycles. The van der Waals surface area contributed by atoms with Crippen molar-refractivity contribution in [1.82, 2.24) is 0 Å². The van der Waals surface area contributed by atoms with Crippen LogP contribution in [-0.2, 0) is 19.8 Å². The Hall–Kier alpha value is -0.900. The summed E-state index contributed by atoms with van der Waals surface area (Å²) in [5, 5.41) is 0. The van der Waals surface area contributed by atoms with Crippen molar-refractivity contribution < 1.29 is 22.7 Å². The van der Waals surface area contributed by atoms with Gasteiger partial charge in [-0.15, -0.1) is 0 Å². The molecule has 0 aliphatic heterocycles. The van der Waals surface area contributed by atoms with Gasteiger partial charge in [0.1, 0.15) is 11.6 Å². The molecule has 0 aromatic heterocycles. The van der Waals surface area contributed by atoms with Crippen LogP contribution in [0, 0.1) is 5.82 Å². The number of benzene rings is 1. The van der Waals surface area contributed by atoms with E-state index >= 15 is 0 Å². The van der Waals surface area contributed by atoms with Crippen LogP contribution in [0.5, 0.6) is 5.75 Å². The van der Waals surface area contributed by atoms with Crippen LogP contribution in [0.25, 0.3) is 0 Å². The maximum atomic E-state index is 13.7. The minimum Gasteiger partial charge on any atom is -0.497 e. The molecular formula is C12H18FO4P. The molecule has 0 N–H and O–H groups in total. The summed E-state index contributed by atoms with van der Waals surface area (Å²) >= 11 is 0. The SMILES string of the molecule is CCOP(=O)(Cc1ccc(OC)cc1F)OCC. The van der Waals surface area contributed by atoms with Gasteiger partial charge in [-0.1, -0.05) is 6.07 Å². The van der Waals surface area contributed by atoms with Crippen LogP contribution in [0.2, 0.25) is 0 Å². The Morgan fingerprint density at radius 2 is 1.83 bits per heavy atom. The third kappa shape index (κ3) is 4.09. The van der Waals surface area contributed by atoms with Gasteiger partial charge >= 0.3 is 7.60 Å². The topological polar surface area (TPSA) is 44.8 Å². The van der Waals surface area contributed by atoms with Gasteiger partial charge in [0, 0.05) is 11.6 Å². The molecule has 0 saturated carbocycles. The fourth-order valence-corrected chi connectivity index (χ4v) is 3.23. The van der Waals surface area contributed by atoms with E-state index in [0.29, 0.717) is 11.3 Å². The number of hydrogen-bond donors (Lipinski definition) is 0. The van der Waals surface area contributed by atoms with Crippen molar-refractivity contribution in [3.05, 3.63) is 29.6 Å². The van der Waals surface area contributed by atoms with Gasteiger partial charge < -0.3 is 13.8 Å². The molecule has 1 aromatic rings. The summed E-state index contributed by atoms with van der Waals surface area (Å²) < 4.78 is 41.1. The fourth-order valence-electron chi connectivity index (χ4n) is 1.51. The van der Waals surface area contributed by atoms with Gasteiger partial charge in [-0.2, -0.15) is 0 Å². The quantitative estimate of drug-likeness (QED) is 0.714. The van der Waals surface area contributed by atoms with Crippen LogP contribution in [0.4, 0.5) is 4.39 Å². The predicted molar refractivity (Wildman–Crippen MR) is 67.5 cm³/mol. The lowest BCUT2D eigenvalue weighted by Gasteiger charge is -2.17. The second-order valence-electron chi connectivity index (χ2n) is 3.56. The van der Waals surface area contributed by atoms with Gasteiger partial charge in [0.15, 0.2) is 0 Å². The summed E-state index contributed by atoms with van der Waals surface area (Å²) in [5.41, 5.74) is 0.293. The third-order valence-corrected chi connectivity index (χ3v) is 4.31. The molecule has 102 valence electrons. The van der Waals surface area contributed by atoms with Gasteiger partial charge in [-0.3, -0.25) is 4.57 Å². The van der Waals surface area contributed by atoms with Crippen molar-refractivity contribution in [3.8, 4) is 5.75 Å². The van der Waals surface area contributed by atoms with Crippen molar-refractivity contribution in [2.75, 3.05) is 20.3 Å². The van der Waals surface area contributed by atoms with Crippen molar-refractivity contribution in [1.29, 1.82) is 0 Å². The van der Waals surface area contributed by atoms with Gasteiger partial charge in [0.05, 0.1) is 26.5 Å². The van der Waals surface area contributed by atoms with Crippen molar-refractivity contribution in [2.45, 2.75) is 20.0 Å². The smallest absolute Gasteiger partial charge is 0.335 e. The molecular weight excluding hydrogens is 258 g/mol. The lowest BCUT2D eigenvalue weighted by atomic mass is 10.2. The number of hydrogen-bond acceptors (Lipinski definition) is 4. The fraction of sp³-hybridized carbons (Fsp3) is 0.500. The largest absolute Gasteiger partial charge is 0.497 e. The van der Waals surface area contributed by atoms with E-state index in [4.69, 9.17) is 13.8 Å². The first kappa shape index (κ1) is 15.2. The molecule has 0 saturated heterocycles. The molecule has 0 atom stereocenters. The standard InChI is InChI=1S/C12H18FO4P/c1-4-16-18(14,17-5-2)9-10-6-7-11(15-3)8-12(10)13/h6-8H,4-5,9H2,1-3H3. The van der Waals surface area contributed by atoms with E-state index in [1.807, 2.05) is 0 Å². The van der Waals surface area contributed by atoms with Crippen LogP contribution < -0.4 is 4.74 Å². The Morgan fingerprint density at radius 3 is 2.28 bits per heavy atom. The van der Waals surface area contributed by atoms with E-state index in [1.54, 1.807) is 19.9 Å². The molecule has 0 aliphatic rings. The van der Waals surface area contributed by atoms with Crippen LogP contribution in [-0.4, -0.2) is 20.3 Å².